The summed E-state index contributed by atoms with van der Waals surface area (Å²) in [7, 11) is 0. The van der Waals surface area contributed by atoms with E-state index in [0.717, 1.165) is 57.4 Å². The van der Waals surface area contributed by atoms with Crippen LogP contribution in [0.3, 0.4) is 0 Å². The van der Waals surface area contributed by atoms with Gasteiger partial charge in [0.1, 0.15) is 5.76 Å². The van der Waals surface area contributed by atoms with Crippen molar-refractivity contribution >= 4 is 23.5 Å². The van der Waals surface area contributed by atoms with Gasteiger partial charge in [-0.05, 0) is 56.8 Å². The molecule has 1 aliphatic heterocycles. The van der Waals surface area contributed by atoms with Crippen molar-refractivity contribution in [1.29, 1.82) is 0 Å². The maximum atomic E-state index is 12.9. The Morgan fingerprint density at radius 1 is 1.29 bits per heavy atom. The number of rotatable bonds is 15. The zero-order valence-corrected chi connectivity index (χ0v) is 20.3. The highest BCUT2D eigenvalue weighted by atomic mass is 32.2. The highest BCUT2D eigenvalue weighted by molar-refractivity contribution is 7.99. The molecule has 0 radical (unpaired) electrons. The minimum atomic E-state index is -0.158. The van der Waals surface area contributed by atoms with Crippen molar-refractivity contribution < 1.29 is 14.0 Å². The largest absolute Gasteiger partial charge is 0.468 e. The van der Waals surface area contributed by atoms with E-state index in [4.69, 9.17) is 4.42 Å². The lowest BCUT2D eigenvalue weighted by molar-refractivity contribution is -0.126. The minimum Gasteiger partial charge on any atom is -0.468 e. The van der Waals surface area contributed by atoms with Crippen molar-refractivity contribution in [2.24, 2.45) is 11.8 Å². The van der Waals surface area contributed by atoms with Crippen LogP contribution < -0.4 is 16.0 Å². The van der Waals surface area contributed by atoms with E-state index in [2.05, 4.69) is 36.7 Å². The molecule has 7 heteroatoms. The first kappa shape index (κ1) is 25.9. The molecule has 1 fully saturated rings. The molecule has 1 saturated heterocycles. The number of unbranched alkanes of at least 4 members (excludes halogenated alkanes) is 1. The SMILES string of the molecule is CCCCC(NCC(CC(C)C)NC(=O)C1CCNCC1)C(=O)CSCc1ccco1. The van der Waals surface area contributed by atoms with E-state index in [1.807, 2.05) is 12.1 Å². The first-order valence-electron chi connectivity index (χ1n) is 11.9. The second-order valence-corrected chi connectivity index (χ2v) is 9.99. The van der Waals surface area contributed by atoms with Gasteiger partial charge in [-0.15, -0.1) is 11.8 Å². The Morgan fingerprint density at radius 2 is 2.06 bits per heavy atom. The maximum Gasteiger partial charge on any atom is 0.223 e. The highest BCUT2D eigenvalue weighted by Crippen LogP contribution is 2.16. The monoisotopic (exact) mass is 451 g/mol. The summed E-state index contributed by atoms with van der Waals surface area (Å²) in [4.78, 5) is 25.6. The molecular weight excluding hydrogens is 410 g/mol. The highest BCUT2D eigenvalue weighted by Gasteiger charge is 2.25. The van der Waals surface area contributed by atoms with Gasteiger partial charge in [-0.1, -0.05) is 33.6 Å². The molecule has 1 aliphatic rings. The van der Waals surface area contributed by atoms with Crippen LogP contribution in [0.2, 0.25) is 0 Å². The van der Waals surface area contributed by atoms with Crippen molar-refractivity contribution in [1.82, 2.24) is 16.0 Å². The molecule has 0 bridgehead atoms. The average molecular weight is 452 g/mol. The van der Waals surface area contributed by atoms with Crippen LogP contribution in [0.5, 0.6) is 0 Å². The number of nitrogens with one attached hydrogen (secondary N) is 3. The summed E-state index contributed by atoms with van der Waals surface area (Å²) >= 11 is 1.60. The average Bonchev–Trinajstić information content (AvgIpc) is 3.27. The number of Topliss-reactive ketones (excluding diaryl/α,β-unsaturated/α-hetero) is 1. The zero-order valence-electron chi connectivity index (χ0n) is 19.5. The van der Waals surface area contributed by atoms with Gasteiger partial charge in [0, 0.05) is 18.5 Å². The number of ketones is 1. The van der Waals surface area contributed by atoms with Crippen LogP contribution in [0.1, 0.15) is 65.1 Å². The molecule has 0 aliphatic carbocycles. The lowest BCUT2D eigenvalue weighted by Crippen LogP contribution is -2.50. The van der Waals surface area contributed by atoms with Crippen LogP contribution in [-0.4, -0.2) is 49.2 Å². The standard InChI is InChI=1S/C24H41N3O3S/c1-4-5-8-22(23(28)17-31-16-21-7-6-13-30-21)26-15-20(14-18(2)3)27-24(29)19-9-11-25-12-10-19/h6-7,13,18-20,22,25-26H,4-5,8-12,14-17H2,1-3H3,(H,27,29). The normalized spacial score (nSPS) is 16.9. The second kappa shape index (κ2) is 14.7. The summed E-state index contributed by atoms with van der Waals surface area (Å²) in [5.41, 5.74) is 0. The zero-order chi connectivity index (χ0) is 22.5. The third-order valence-electron chi connectivity index (χ3n) is 5.73. The van der Waals surface area contributed by atoms with Gasteiger partial charge in [0.05, 0.1) is 23.8 Å². The van der Waals surface area contributed by atoms with Gasteiger partial charge in [-0.2, -0.15) is 0 Å². The van der Waals surface area contributed by atoms with Gasteiger partial charge in [0.2, 0.25) is 5.91 Å². The summed E-state index contributed by atoms with van der Waals surface area (Å²) in [5.74, 6) is 3.06. The number of hydrogen-bond donors (Lipinski definition) is 3. The van der Waals surface area contributed by atoms with E-state index in [-0.39, 0.29) is 29.7 Å². The number of hydrogen-bond acceptors (Lipinski definition) is 6. The molecule has 6 nitrogen and oxygen atoms in total. The molecule has 1 aromatic heterocycles. The van der Waals surface area contributed by atoms with Crippen molar-refractivity contribution in [3.8, 4) is 0 Å². The Morgan fingerprint density at radius 3 is 2.71 bits per heavy atom. The molecular formula is C24H41N3O3S. The number of carbonyl (C=O) groups excluding carboxylic acids is 2. The van der Waals surface area contributed by atoms with Gasteiger partial charge in [-0.25, -0.2) is 0 Å². The van der Waals surface area contributed by atoms with Crippen LogP contribution in [0.25, 0.3) is 0 Å². The van der Waals surface area contributed by atoms with Crippen molar-refractivity contribution in [2.75, 3.05) is 25.4 Å². The molecule has 1 amide bonds. The summed E-state index contributed by atoms with van der Waals surface area (Å²) < 4.78 is 5.35. The number of amides is 1. The fraction of sp³-hybridized carbons (Fsp3) is 0.750. The van der Waals surface area contributed by atoms with Gasteiger partial charge < -0.3 is 20.4 Å². The predicted octanol–water partition coefficient (Wildman–Crippen LogP) is 3.76. The third kappa shape index (κ3) is 10.2. The van der Waals surface area contributed by atoms with Crippen LogP contribution >= 0.6 is 11.8 Å². The summed E-state index contributed by atoms with van der Waals surface area (Å²) in [6.45, 7) is 8.96. The molecule has 0 spiro atoms. The summed E-state index contributed by atoms with van der Waals surface area (Å²) in [5, 5.41) is 10.1. The molecule has 2 heterocycles. The first-order valence-corrected chi connectivity index (χ1v) is 13.0. The van der Waals surface area contributed by atoms with E-state index in [9.17, 15) is 9.59 Å². The van der Waals surface area contributed by atoms with E-state index in [1.165, 1.54) is 0 Å². The molecule has 176 valence electrons. The topological polar surface area (TPSA) is 83.4 Å². The molecule has 1 aromatic rings. The molecule has 31 heavy (non-hydrogen) atoms. The number of piperidine rings is 1. The fourth-order valence-corrected chi connectivity index (χ4v) is 4.85. The van der Waals surface area contributed by atoms with Crippen LogP contribution in [0.15, 0.2) is 22.8 Å². The lowest BCUT2D eigenvalue weighted by atomic mass is 9.95. The molecule has 2 rings (SSSR count). The lowest BCUT2D eigenvalue weighted by Gasteiger charge is -2.28. The number of furan rings is 1. The molecule has 2 atom stereocenters. The smallest absolute Gasteiger partial charge is 0.223 e. The first-order chi connectivity index (χ1) is 15.0. The Bertz CT molecular complexity index is 630. The van der Waals surface area contributed by atoms with E-state index < -0.39 is 0 Å². The van der Waals surface area contributed by atoms with Crippen molar-refractivity contribution in [3.63, 3.8) is 0 Å². The molecule has 2 unspecified atom stereocenters. The Kier molecular flexibility index (Phi) is 12.3. The van der Waals surface area contributed by atoms with Crippen LogP contribution in [-0.2, 0) is 15.3 Å². The second-order valence-electron chi connectivity index (χ2n) is 9.00. The maximum absolute atomic E-state index is 12.9. The molecule has 0 aromatic carbocycles. The fourth-order valence-electron chi connectivity index (χ4n) is 3.98. The number of thioether (sulfide) groups is 1. The predicted molar refractivity (Wildman–Crippen MR) is 128 cm³/mol. The third-order valence-corrected chi connectivity index (χ3v) is 6.70. The molecule has 3 N–H and O–H groups in total. The Labute approximate surface area is 192 Å². The van der Waals surface area contributed by atoms with Gasteiger partial charge in [0.25, 0.3) is 0 Å². The van der Waals surface area contributed by atoms with E-state index >= 15 is 0 Å². The van der Waals surface area contributed by atoms with Crippen LogP contribution in [0.4, 0.5) is 0 Å². The van der Waals surface area contributed by atoms with Crippen molar-refractivity contribution in [2.45, 2.75) is 77.1 Å². The minimum absolute atomic E-state index is 0.0510. The Hall–Kier alpha value is -1.31. The summed E-state index contributed by atoms with van der Waals surface area (Å²) in [6.07, 6.45) is 7.29. The number of carbonyl (C=O) groups is 2. The van der Waals surface area contributed by atoms with E-state index in [1.54, 1.807) is 18.0 Å². The van der Waals surface area contributed by atoms with Crippen molar-refractivity contribution in [3.05, 3.63) is 24.2 Å². The van der Waals surface area contributed by atoms with Gasteiger partial charge >= 0.3 is 0 Å². The quantitative estimate of drug-likeness (QED) is 0.377. The van der Waals surface area contributed by atoms with Crippen LogP contribution in [0, 0.1) is 11.8 Å². The van der Waals surface area contributed by atoms with Gasteiger partial charge in [-0.3, -0.25) is 9.59 Å². The molecule has 0 saturated carbocycles. The Balaban J connectivity index is 1.86. The van der Waals surface area contributed by atoms with E-state index in [0.29, 0.717) is 24.0 Å². The van der Waals surface area contributed by atoms with Gasteiger partial charge in [0.15, 0.2) is 5.78 Å². The summed E-state index contributed by atoms with van der Waals surface area (Å²) in [6, 6.07) is 3.70.